The highest BCUT2D eigenvalue weighted by atomic mass is 35.5. The molecule has 0 unspecified atom stereocenters. The number of anilines is 1. The second kappa shape index (κ2) is 5.20. The number of nitrogens with zero attached hydrogens (tertiary/aromatic N) is 1. The second-order valence-electron chi connectivity index (χ2n) is 5.04. The van der Waals surface area contributed by atoms with Crippen LogP contribution < -0.4 is 5.73 Å². The van der Waals surface area contributed by atoms with Crippen molar-refractivity contribution in [1.29, 1.82) is 0 Å². The third-order valence-electron chi connectivity index (χ3n) is 3.34. The number of benzene rings is 1. The van der Waals surface area contributed by atoms with Gasteiger partial charge < -0.3 is 10.8 Å². The number of rotatable bonds is 3. The highest BCUT2D eigenvalue weighted by molar-refractivity contribution is 7.92. The van der Waals surface area contributed by atoms with Gasteiger partial charge in [0.1, 0.15) is 9.64 Å². The van der Waals surface area contributed by atoms with Crippen LogP contribution in [0.4, 0.5) is 5.69 Å². The number of aromatic hydroxyl groups is 1. The summed E-state index contributed by atoms with van der Waals surface area (Å²) in [5, 5.41) is 9.94. The Hall–Kier alpha value is -1.79. The first-order valence-electron chi connectivity index (χ1n) is 6.12. The van der Waals surface area contributed by atoms with Crippen molar-refractivity contribution in [3.05, 3.63) is 47.2 Å². The number of hydrogen-bond donors (Lipinski definition) is 2. The summed E-state index contributed by atoms with van der Waals surface area (Å²) in [5.74, 6) is -0.536. The lowest BCUT2D eigenvalue weighted by molar-refractivity contribution is 0.458. The number of aromatic nitrogens is 1. The number of phenolic OH excluding ortho intramolecular Hbond substituents is 1. The topological polar surface area (TPSA) is 93.3 Å². The van der Waals surface area contributed by atoms with Crippen molar-refractivity contribution >= 4 is 27.1 Å². The first-order valence-corrected chi connectivity index (χ1v) is 7.99. The SMILES string of the molecule is CC(C)(c1ccccn1)S(=O)(=O)c1c(Cl)ccc(N)c1O. The molecule has 0 bridgehead atoms. The summed E-state index contributed by atoms with van der Waals surface area (Å²) in [7, 11) is -4.00. The number of halogens is 1. The van der Waals surface area contributed by atoms with Crippen molar-refractivity contribution in [3.8, 4) is 5.75 Å². The van der Waals surface area contributed by atoms with E-state index in [2.05, 4.69) is 4.98 Å². The zero-order valence-electron chi connectivity index (χ0n) is 11.5. The molecule has 0 spiro atoms. The number of nitrogen functional groups attached to an aromatic ring is 1. The van der Waals surface area contributed by atoms with Gasteiger partial charge in [0, 0.05) is 6.20 Å². The van der Waals surface area contributed by atoms with Crippen LogP contribution in [0.1, 0.15) is 19.5 Å². The fourth-order valence-corrected chi connectivity index (χ4v) is 3.99. The van der Waals surface area contributed by atoms with Crippen LogP contribution >= 0.6 is 11.6 Å². The molecule has 7 heteroatoms. The summed E-state index contributed by atoms with van der Waals surface area (Å²) in [6.07, 6.45) is 1.51. The summed E-state index contributed by atoms with van der Waals surface area (Å²) >= 11 is 5.96. The Bertz CT molecular complexity index is 774. The molecule has 0 aliphatic carbocycles. The van der Waals surface area contributed by atoms with Gasteiger partial charge in [0.25, 0.3) is 0 Å². The van der Waals surface area contributed by atoms with Gasteiger partial charge in [-0.3, -0.25) is 4.98 Å². The van der Waals surface area contributed by atoms with Crippen LogP contribution in [0.2, 0.25) is 5.02 Å². The van der Waals surface area contributed by atoms with E-state index in [1.165, 1.54) is 32.2 Å². The molecule has 0 fully saturated rings. The van der Waals surface area contributed by atoms with Crippen molar-refractivity contribution in [2.24, 2.45) is 0 Å². The van der Waals surface area contributed by atoms with E-state index in [1.807, 2.05) is 0 Å². The normalized spacial score (nSPS) is 12.3. The lowest BCUT2D eigenvalue weighted by atomic mass is 10.1. The molecule has 0 atom stereocenters. The van der Waals surface area contributed by atoms with Crippen molar-refractivity contribution < 1.29 is 13.5 Å². The van der Waals surface area contributed by atoms with Gasteiger partial charge in [0.15, 0.2) is 15.6 Å². The quantitative estimate of drug-likeness (QED) is 0.668. The fraction of sp³-hybridized carbons (Fsp3) is 0.214. The van der Waals surface area contributed by atoms with Crippen LogP contribution in [-0.4, -0.2) is 18.5 Å². The smallest absolute Gasteiger partial charge is 0.194 e. The van der Waals surface area contributed by atoms with Gasteiger partial charge >= 0.3 is 0 Å². The summed E-state index contributed by atoms with van der Waals surface area (Å²) in [5.41, 5.74) is 5.88. The minimum absolute atomic E-state index is 0.0465. The monoisotopic (exact) mass is 326 g/mol. The molecule has 3 N–H and O–H groups in total. The average Bonchev–Trinajstić information content (AvgIpc) is 2.44. The maximum Gasteiger partial charge on any atom is 0.194 e. The third kappa shape index (κ3) is 2.45. The molecule has 21 heavy (non-hydrogen) atoms. The van der Waals surface area contributed by atoms with Gasteiger partial charge in [-0.25, -0.2) is 8.42 Å². The first-order chi connectivity index (χ1) is 9.69. The third-order valence-corrected chi connectivity index (χ3v) is 6.27. The molecule has 0 saturated carbocycles. The summed E-state index contributed by atoms with van der Waals surface area (Å²) in [4.78, 5) is 3.71. The largest absolute Gasteiger partial charge is 0.504 e. The minimum atomic E-state index is -4.00. The molecule has 5 nitrogen and oxygen atoms in total. The molecule has 112 valence electrons. The van der Waals surface area contributed by atoms with Crippen LogP contribution in [0, 0.1) is 0 Å². The molecular weight excluding hydrogens is 312 g/mol. The van der Waals surface area contributed by atoms with Crippen molar-refractivity contribution in [1.82, 2.24) is 4.98 Å². The van der Waals surface area contributed by atoms with Crippen molar-refractivity contribution in [3.63, 3.8) is 0 Å². The maximum atomic E-state index is 12.9. The van der Waals surface area contributed by atoms with Crippen LogP contribution in [0.25, 0.3) is 0 Å². The van der Waals surface area contributed by atoms with Gasteiger partial charge in [0.05, 0.1) is 16.4 Å². The molecule has 2 aromatic rings. The van der Waals surface area contributed by atoms with Crippen molar-refractivity contribution in [2.45, 2.75) is 23.5 Å². The van der Waals surface area contributed by atoms with E-state index in [4.69, 9.17) is 17.3 Å². The lowest BCUT2D eigenvalue weighted by Gasteiger charge is -2.25. The van der Waals surface area contributed by atoms with E-state index in [-0.39, 0.29) is 15.6 Å². The Balaban J connectivity index is 2.71. The van der Waals surface area contributed by atoms with Crippen LogP contribution in [0.15, 0.2) is 41.4 Å². The molecule has 0 saturated heterocycles. The molecule has 1 aromatic carbocycles. The molecule has 0 amide bonds. The fourth-order valence-electron chi connectivity index (χ4n) is 1.93. The van der Waals surface area contributed by atoms with E-state index in [1.54, 1.807) is 18.2 Å². The van der Waals surface area contributed by atoms with Crippen molar-refractivity contribution in [2.75, 3.05) is 5.73 Å². The maximum absolute atomic E-state index is 12.9. The van der Waals surface area contributed by atoms with Gasteiger partial charge in [-0.2, -0.15) is 0 Å². The standard InChI is InChI=1S/C14H15ClN2O3S/c1-14(2,11-5-3-4-8-17-11)21(19,20)13-9(15)6-7-10(16)12(13)18/h3-8,18H,16H2,1-2H3. The molecule has 1 aromatic heterocycles. The Morgan fingerprint density at radius 2 is 1.90 bits per heavy atom. The number of nitrogens with two attached hydrogens (primary N) is 1. The zero-order valence-corrected chi connectivity index (χ0v) is 13.1. The van der Waals surface area contributed by atoms with Gasteiger partial charge in [-0.1, -0.05) is 17.7 Å². The Morgan fingerprint density at radius 3 is 2.48 bits per heavy atom. The predicted molar refractivity (Wildman–Crippen MR) is 82.0 cm³/mol. The highest BCUT2D eigenvalue weighted by Crippen LogP contribution is 2.43. The van der Waals surface area contributed by atoms with Gasteiger partial charge in [-0.15, -0.1) is 0 Å². The summed E-state index contributed by atoms with van der Waals surface area (Å²) in [6, 6.07) is 7.69. The van der Waals surface area contributed by atoms with E-state index < -0.39 is 20.3 Å². The second-order valence-corrected chi connectivity index (χ2v) is 7.89. The van der Waals surface area contributed by atoms with E-state index in [0.29, 0.717) is 5.69 Å². The van der Waals surface area contributed by atoms with Gasteiger partial charge in [0.2, 0.25) is 0 Å². The minimum Gasteiger partial charge on any atom is -0.504 e. The number of sulfone groups is 1. The van der Waals surface area contributed by atoms with Gasteiger partial charge in [-0.05, 0) is 38.1 Å². The Labute approximate surface area is 128 Å². The molecule has 2 rings (SSSR count). The predicted octanol–water partition coefficient (Wildman–Crippen LogP) is 2.73. The lowest BCUT2D eigenvalue weighted by Crippen LogP contribution is -2.30. The average molecular weight is 327 g/mol. The number of hydrogen-bond acceptors (Lipinski definition) is 5. The molecule has 0 radical (unpaired) electrons. The highest BCUT2D eigenvalue weighted by Gasteiger charge is 2.41. The van der Waals surface area contributed by atoms with Crippen LogP contribution in [-0.2, 0) is 14.6 Å². The summed E-state index contributed by atoms with van der Waals surface area (Å²) < 4.78 is 24.4. The first kappa shape index (κ1) is 15.6. The molecule has 0 aliphatic heterocycles. The Kier molecular flexibility index (Phi) is 3.86. The molecule has 1 heterocycles. The Morgan fingerprint density at radius 1 is 1.24 bits per heavy atom. The van der Waals surface area contributed by atoms with E-state index in [0.717, 1.165) is 0 Å². The zero-order chi connectivity index (χ0) is 15.8. The van der Waals surface area contributed by atoms with E-state index in [9.17, 15) is 13.5 Å². The number of pyridine rings is 1. The van der Waals surface area contributed by atoms with Crippen LogP contribution in [0.5, 0.6) is 5.75 Å². The van der Waals surface area contributed by atoms with Crippen LogP contribution in [0.3, 0.4) is 0 Å². The van der Waals surface area contributed by atoms with E-state index >= 15 is 0 Å². The number of phenols is 1. The molecule has 0 aliphatic rings. The summed E-state index contributed by atoms with van der Waals surface area (Å²) in [6.45, 7) is 3.01. The molecular formula is C14H15ClN2O3S.